The van der Waals surface area contributed by atoms with E-state index >= 15 is 0 Å². The van der Waals surface area contributed by atoms with Crippen LogP contribution in [-0.2, 0) is 5.41 Å². The van der Waals surface area contributed by atoms with Crippen LogP contribution in [0.2, 0.25) is 0 Å². The SMILES string of the molecule is CCCCCCC1(CCCCCC)C2=C(C=CC(Br)(Br)C2)c2ccccc21. The molecule has 2 heteroatoms. The molecule has 0 heterocycles. The van der Waals surface area contributed by atoms with Crippen molar-refractivity contribution in [3.8, 4) is 0 Å². The van der Waals surface area contributed by atoms with Crippen LogP contribution in [0, 0.1) is 0 Å². The lowest BCUT2D eigenvalue weighted by atomic mass is 9.68. The molecule has 0 spiro atoms. The third kappa shape index (κ3) is 4.64. The topological polar surface area (TPSA) is 0 Å². The van der Waals surface area contributed by atoms with Gasteiger partial charge in [0.15, 0.2) is 0 Å². The number of hydrogen-bond acceptors (Lipinski definition) is 0. The number of halogens is 2. The third-order valence-electron chi connectivity index (χ3n) is 6.46. The van der Waals surface area contributed by atoms with Gasteiger partial charge in [0.1, 0.15) is 3.23 Å². The highest BCUT2D eigenvalue weighted by Gasteiger charge is 2.46. The Bertz CT molecular complexity index is 684. The standard InChI is InChI=1S/C25H34Br2/c1-3-5-7-11-16-24(17-12-8-6-4-2)22-14-10-9-13-20(22)21-15-18-25(26,27)19-23(21)24/h9-10,13-15,18H,3-8,11-12,16-17,19H2,1-2H3. The van der Waals surface area contributed by atoms with Gasteiger partial charge in [-0.25, -0.2) is 0 Å². The van der Waals surface area contributed by atoms with E-state index < -0.39 is 0 Å². The minimum Gasteiger partial charge on any atom is -0.0677 e. The lowest BCUT2D eigenvalue weighted by Gasteiger charge is -2.38. The molecule has 3 rings (SSSR count). The Hall–Kier alpha value is -0.340. The molecule has 0 saturated carbocycles. The number of benzene rings is 1. The molecule has 0 aliphatic heterocycles. The van der Waals surface area contributed by atoms with Gasteiger partial charge < -0.3 is 0 Å². The van der Waals surface area contributed by atoms with E-state index in [2.05, 4.69) is 82.1 Å². The average molecular weight is 494 g/mol. The van der Waals surface area contributed by atoms with Crippen LogP contribution in [0.15, 0.2) is 42.0 Å². The number of alkyl halides is 2. The van der Waals surface area contributed by atoms with Crippen LogP contribution in [0.25, 0.3) is 5.57 Å². The van der Waals surface area contributed by atoms with Crippen molar-refractivity contribution in [2.75, 3.05) is 0 Å². The molecule has 0 N–H and O–H groups in total. The Morgan fingerprint density at radius 1 is 0.852 bits per heavy atom. The Labute approximate surface area is 183 Å². The maximum Gasteiger partial charge on any atom is 0.102 e. The van der Waals surface area contributed by atoms with E-state index in [1.807, 2.05) is 0 Å². The van der Waals surface area contributed by atoms with Crippen LogP contribution in [-0.4, -0.2) is 3.23 Å². The second-order valence-corrected chi connectivity index (χ2v) is 12.3. The maximum absolute atomic E-state index is 3.91. The highest BCUT2D eigenvalue weighted by Crippen LogP contribution is 2.58. The van der Waals surface area contributed by atoms with Crippen LogP contribution in [0.5, 0.6) is 0 Å². The number of unbranched alkanes of at least 4 members (excludes halogenated alkanes) is 6. The van der Waals surface area contributed by atoms with Gasteiger partial charge in [-0.1, -0.05) is 133 Å². The Morgan fingerprint density at radius 2 is 1.48 bits per heavy atom. The van der Waals surface area contributed by atoms with Gasteiger partial charge in [0.05, 0.1) is 0 Å². The highest BCUT2D eigenvalue weighted by molar-refractivity contribution is 9.25. The molecule has 0 aromatic heterocycles. The molecule has 0 nitrogen and oxygen atoms in total. The average Bonchev–Trinajstić information content (AvgIpc) is 2.91. The molecule has 2 aliphatic carbocycles. The van der Waals surface area contributed by atoms with Crippen LogP contribution in [0.4, 0.5) is 0 Å². The fraction of sp³-hybridized carbons (Fsp3) is 0.600. The molecule has 0 bridgehead atoms. The second kappa shape index (κ2) is 9.44. The summed E-state index contributed by atoms with van der Waals surface area (Å²) in [5.74, 6) is 0. The minimum absolute atomic E-state index is 0.0844. The molecule has 27 heavy (non-hydrogen) atoms. The van der Waals surface area contributed by atoms with E-state index in [4.69, 9.17) is 0 Å². The summed E-state index contributed by atoms with van der Waals surface area (Å²) in [5.41, 5.74) is 6.51. The zero-order valence-corrected chi connectivity index (χ0v) is 20.2. The number of hydrogen-bond donors (Lipinski definition) is 0. The van der Waals surface area contributed by atoms with Crippen molar-refractivity contribution in [2.45, 2.75) is 93.1 Å². The number of rotatable bonds is 10. The van der Waals surface area contributed by atoms with Gasteiger partial charge in [-0.2, -0.15) is 0 Å². The first kappa shape index (κ1) is 21.4. The highest BCUT2D eigenvalue weighted by atomic mass is 79.9. The molecule has 148 valence electrons. The smallest absolute Gasteiger partial charge is 0.0677 e. The zero-order valence-electron chi connectivity index (χ0n) is 17.0. The summed E-state index contributed by atoms with van der Waals surface area (Å²) < 4.78 is -0.0844. The zero-order chi connectivity index (χ0) is 19.3. The fourth-order valence-electron chi connectivity index (χ4n) is 5.08. The minimum atomic E-state index is -0.0844. The Morgan fingerprint density at radius 3 is 2.11 bits per heavy atom. The van der Waals surface area contributed by atoms with Crippen LogP contribution in [0.3, 0.4) is 0 Å². The van der Waals surface area contributed by atoms with Gasteiger partial charge in [-0.15, -0.1) is 0 Å². The van der Waals surface area contributed by atoms with Gasteiger partial charge in [-0.3, -0.25) is 0 Å². The molecule has 0 amide bonds. The number of fused-ring (bicyclic) bond motifs is 2. The van der Waals surface area contributed by atoms with Crippen molar-refractivity contribution in [3.05, 3.63) is 53.1 Å². The number of allylic oxidation sites excluding steroid dienone is 4. The Kier molecular flexibility index (Phi) is 7.47. The normalized spacial score (nSPS) is 19.3. The Balaban J connectivity index is 1.96. The van der Waals surface area contributed by atoms with Gasteiger partial charge in [0, 0.05) is 5.41 Å². The van der Waals surface area contributed by atoms with E-state index in [1.54, 1.807) is 11.1 Å². The lowest BCUT2D eigenvalue weighted by Crippen LogP contribution is -2.30. The summed E-state index contributed by atoms with van der Waals surface area (Å²) in [7, 11) is 0. The van der Waals surface area contributed by atoms with Crippen molar-refractivity contribution in [1.29, 1.82) is 0 Å². The van der Waals surface area contributed by atoms with Crippen molar-refractivity contribution in [1.82, 2.24) is 0 Å². The van der Waals surface area contributed by atoms with Crippen molar-refractivity contribution >= 4 is 37.4 Å². The van der Waals surface area contributed by atoms with E-state index in [0.717, 1.165) is 6.42 Å². The van der Waals surface area contributed by atoms with Gasteiger partial charge in [-0.05, 0) is 41.5 Å². The van der Waals surface area contributed by atoms with E-state index in [9.17, 15) is 0 Å². The van der Waals surface area contributed by atoms with Crippen LogP contribution < -0.4 is 0 Å². The van der Waals surface area contributed by atoms with Crippen molar-refractivity contribution < 1.29 is 0 Å². The molecule has 0 radical (unpaired) electrons. The first-order valence-corrected chi connectivity index (χ1v) is 12.5. The van der Waals surface area contributed by atoms with E-state index in [1.165, 1.54) is 75.3 Å². The molecule has 0 saturated heterocycles. The molecule has 0 fully saturated rings. The first-order valence-electron chi connectivity index (χ1n) is 10.9. The third-order valence-corrected chi connectivity index (χ3v) is 7.55. The summed E-state index contributed by atoms with van der Waals surface area (Å²) in [4.78, 5) is 0. The summed E-state index contributed by atoms with van der Waals surface area (Å²) in [6.07, 6.45) is 19.1. The molecule has 2 aliphatic rings. The summed E-state index contributed by atoms with van der Waals surface area (Å²) >= 11 is 7.81. The maximum atomic E-state index is 3.91. The van der Waals surface area contributed by atoms with Crippen LogP contribution >= 0.6 is 31.9 Å². The summed E-state index contributed by atoms with van der Waals surface area (Å²) in [6, 6.07) is 9.24. The van der Waals surface area contributed by atoms with E-state index in [0.29, 0.717) is 0 Å². The molecule has 1 aromatic carbocycles. The summed E-state index contributed by atoms with van der Waals surface area (Å²) in [6.45, 7) is 4.62. The van der Waals surface area contributed by atoms with Crippen molar-refractivity contribution in [3.63, 3.8) is 0 Å². The quantitative estimate of drug-likeness (QED) is 0.225. The van der Waals surface area contributed by atoms with Gasteiger partial charge in [0.25, 0.3) is 0 Å². The lowest BCUT2D eigenvalue weighted by molar-refractivity contribution is 0.383. The van der Waals surface area contributed by atoms with E-state index in [-0.39, 0.29) is 8.65 Å². The van der Waals surface area contributed by atoms with Gasteiger partial charge in [0.2, 0.25) is 0 Å². The predicted octanol–water partition coefficient (Wildman–Crippen LogP) is 9.08. The second-order valence-electron chi connectivity index (χ2n) is 8.41. The monoisotopic (exact) mass is 492 g/mol. The van der Waals surface area contributed by atoms with Crippen molar-refractivity contribution in [2.24, 2.45) is 0 Å². The molecule has 1 aromatic rings. The largest absolute Gasteiger partial charge is 0.102 e. The first-order chi connectivity index (χ1) is 13.0. The molecule has 0 atom stereocenters. The molecular formula is C25H34Br2. The fourth-order valence-corrected chi connectivity index (χ4v) is 5.90. The predicted molar refractivity (Wildman–Crippen MR) is 127 cm³/mol. The summed E-state index contributed by atoms with van der Waals surface area (Å²) in [5, 5.41) is 0. The molecular weight excluding hydrogens is 460 g/mol. The van der Waals surface area contributed by atoms with Crippen LogP contribution in [0.1, 0.15) is 95.6 Å². The van der Waals surface area contributed by atoms with Gasteiger partial charge >= 0.3 is 0 Å². The molecule has 0 unspecified atom stereocenters.